The lowest BCUT2D eigenvalue weighted by Gasteiger charge is -2.16. The molecular weight excluding hydrogens is 447 g/mol. The third-order valence-corrected chi connectivity index (χ3v) is 5.43. The maximum atomic E-state index is 13.4. The van der Waals surface area contributed by atoms with Crippen molar-refractivity contribution in [3.63, 3.8) is 0 Å². The summed E-state index contributed by atoms with van der Waals surface area (Å²) in [7, 11) is -3.15. The molecule has 0 fully saturated rings. The largest absolute Gasteiger partial charge is 0.436 e. The van der Waals surface area contributed by atoms with Gasteiger partial charge in [-0.2, -0.15) is 4.39 Å². The van der Waals surface area contributed by atoms with Gasteiger partial charge in [0.1, 0.15) is 10.6 Å². The van der Waals surface area contributed by atoms with E-state index in [9.17, 15) is 22.2 Å². The van der Waals surface area contributed by atoms with E-state index in [2.05, 4.69) is 20.3 Å². The Morgan fingerprint density at radius 3 is 2.56 bits per heavy atom. The van der Waals surface area contributed by atoms with Gasteiger partial charge in [-0.25, -0.2) is 32.7 Å². The number of aromatic nitrogens is 3. The molecule has 2 N–H and O–H groups in total. The molecule has 1 unspecified atom stereocenters. The fraction of sp³-hybridized carbons (Fsp3) is 0.200. The smallest absolute Gasteiger partial charge is 0.265 e. The average Bonchev–Trinajstić information content (AvgIpc) is 2.69. The summed E-state index contributed by atoms with van der Waals surface area (Å²) in [6, 6.07) is 4.96. The number of hydrogen-bond acceptors (Lipinski definition) is 7. The first-order valence-corrected chi connectivity index (χ1v) is 11.0. The number of ether oxygens (including phenoxy) is 1. The third-order valence-electron chi connectivity index (χ3n) is 4.41. The maximum Gasteiger partial charge on any atom is 0.265 e. The second-order valence-corrected chi connectivity index (χ2v) is 8.93. The minimum atomic E-state index is -3.15. The van der Waals surface area contributed by atoms with Gasteiger partial charge < -0.3 is 10.1 Å². The molecule has 0 bridgehead atoms. The quantitative estimate of drug-likeness (QED) is 0.512. The van der Waals surface area contributed by atoms with E-state index in [1.54, 1.807) is 0 Å². The van der Waals surface area contributed by atoms with Crippen molar-refractivity contribution in [1.29, 1.82) is 4.78 Å². The van der Waals surface area contributed by atoms with Crippen molar-refractivity contribution in [2.45, 2.75) is 25.3 Å². The summed E-state index contributed by atoms with van der Waals surface area (Å²) in [6.07, 6.45) is 0.438. The highest BCUT2D eigenvalue weighted by Crippen LogP contribution is 2.33. The van der Waals surface area contributed by atoms with Gasteiger partial charge in [-0.15, -0.1) is 0 Å². The first kappa shape index (κ1) is 23.1. The Kier molecular flexibility index (Phi) is 6.44. The Morgan fingerprint density at radius 1 is 1.22 bits per heavy atom. The lowest BCUT2D eigenvalue weighted by atomic mass is 10.0. The average molecular weight is 465 g/mol. The highest BCUT2D eigenvalue weighted by atomic mass is 32.2. The van der Waals surface area contributed by atoms with E-state index < -0.39 is 33.6 Å². The molecule has 3 aromatic heterocycles. The van der Waals surface area contributed by atoms with Crippen molar-refractivity contribution in [3.8, 4) is 11.6 Å². The Bertz CT molecular complexity index is 1300. The monoisotopic (exact) mass is 465 g/mol. The third kappa shape index (κ3) is 5.02. The number of aryl methyl sites for hydroxylation is 1. The van der Waals surface area contributed by atoms with Gasteiger partial charge in [-0.05, 0) is 43.7 Å². The number of pyridine rings is 3. The summed E-state index contributed by atoms with van der Waals surface area (Å²) in [5, 5.41) is 2.44. The summed E-state index contributed by atoms with van der Waals surface area (Å²) < 4.78 is 65.3. The highest BCUT2D eigenvalue weighted by Gasteiger charge is 2.25. The minimum Gasteiger partial charge on any atom is -0.436 e. The van der Waals surface area contributed by atoms with Crippen molar-refractivity contribution in [1.82, 2.24) is 15.0 Å². The van der Waals surface area contributed by atoms with Crippen LogP contribution in [0.4, 0.5) is 18.9 Å². The van der Waals surface area contributed by atoms with Crippen LogP contribution in [0.15, 0.2) is 41.7 Å². The molecule has 3 rings (SSSR count). The Morgan fingerprint density at radius 2 is 1.94 bits per heavy atom. The number of alkyl halides is 2. The molecule has 0 aliphatic rings. The van der Waals surface area contributed by atoms with Gasteiger partial charge in [0, 0.05) is 29.9 Å². The normalized spacial score (nSPS) is 13.0. The van der Waals surface area contributed by atoms with Gasteiger partial charge in [-0.3, -0.25) is 4.79 Å². The van der Waals surface area contributed by atoms with Crippen LogP contribution in [0.25, 0.3) is 0 Å². The molecule has 168 valence electrons. The number of halogens is 3. The number of nitrogens with one attached hydrogen (secondary N) is 2. The molecule has 0 aliphatic carbocycles. The van der Waals surface area contributed by atoms with E-state index in [1.807, 2.05) is 0 Å². The molecule has 0 saturated heterocycles. The minimum absolute atomic E-state index is 0.0593. The molecule has 0 aromatic carbocycles. The molecule has 12 heteroatoms. The van der Waals surface area contributed by atoms with Crippen LogP contribution in [0.1, 0.15) is 33.6 Å². The molecule has 1 atom stereocenters. The maximum absolute atomic E-state index is 13.4. The highest BCUT2D eigenvalue weighted by molar-refractivity contribution is 7.91. The van der Waals surface area contributed by atoms with Crippen LogP contribution in [0, 0.1) is 24.6 Å². The number of hydrogen-bond donors (Lipinski definition) is 2. The standard InChI is InChI=1S/C20H18F3N5O3S/c1-10-13(18(22)23)9-26-20(31-14-4-5-15(21)27-11(14)2)17(10)19(29)28-12-6-7-25-16(8-12)32(3,24)30/h4-9,18,24H,1-3H3,(H,25,28,29). The molecule has 1 amide bonds. The summed E-state index contributed by atoms with van der Waals surface area (Å²) in [4.78, 5) is 24.4. The number of nitrogens with zero attached hydrogens (tertiary/aromatic N) is 3. The van der Waals surface area contributed by atoms with Gasteiger partial charge in [0.05, 0.1) is 15.4 Å². The molecule has 3 aromatic rings. The topological polar surface area (TPSA) is 118 Å². The zero-order valence-corrected chi connectivity index (χ0v) is 18.0. The molecular formula is C20H18F3N5O3S. The van der Waals surface area contributed by atoms with Crippen molar-refractivity contribution in [2.24, 2.45) is 0 Å². The lowest BCUT2D eigenvalue weighted by Crippen LogP contribution is -2.17. The lowest BCUT2D eigenvalue weighted by molar-refractivity contribution is 0.102. The van der Waals surface area contributed by atoms with E-state index >= 15 is 0 Å². The number of anilines is 1. The fourth-order valence-corrected chi connectivity index (χ4v) is 3.40. The van der Waals surface area contributed by atoms with Crippen LogP contribution in [0.2, 0.25) is 0 Å². The van der Waals surface area contributed by atoms with Crippen LogP contribution in [0.5, 0.6) is 11.6 Å². The Balaban J connectivity index is 2.04. The van der Waals surface area contributed by atoms with Gasteiger partial charge in [0.2, 0.25) is 11.8 Å². The molecule has 32 heavy (non-hydrogen) atoms. The molecule has 0 radical (unpaired) electrons. The van der Waals surface area contributed by atoms with Crippen LogP contribution in [-0.2, 0) is 9.73 Å². The second kappa shape index (κ2) is 8.91. The Hall–Kier alpha value is -3.54. The van der Waals surface area contributed by atoms with Gasteiger partial charge >= 0.3 is 0 Å². The molecule has 0 spiro atoms. The molecule has 0 saturated carbocycles. The molecule has 8 nitrogen and oxygen atoms in total. The number of rotatable bonds is 6. The van der Waals surface area contributed by atoms with E-state index in [1.165, 1.54) is 44.5 Å². The summed E-state index contributed by atoms with van der Waals surface area (Å²) in [6.45, 7) is 2.79. The zero-order chi connectivity index (χ0) is 23.6. The SMILES string of the molecule is Cc1nc(F)ccc1Oc1ncc(C(F)F)c(C)c1C(=O)Nc1ccnc(S(C)(=N)=O)c1. The van der Waals surface area contributed by atoms with E-state index in [-0.39, 0.29) is 39.2 Å². The van der Waals surface area contributed by atoms with E-state index in [4.69, 9.17) is 9.52 Å². The van der Waals surface area contributed by atoms with E-state index in [0.29, 0.717) is 0 Å². The first-order chi connectivity index (χ1) is 15.0. The second-order valence-electron chi connectivity index (χ2n) is 6.82. The van der Waals surface area contributed by atoms with Crippen LogP contribution in [-0.4, -0.2) is 31.3 Å². The van der Waals surface area contributed by atoms with Crippen molar-refractivity contribution >= 4 is 21.3 Å². The number of carbonyl (C=O) groups is 1. The molecule has 0 aliphatic heterocycles. The van der Waals surface area contributed by atoms with Gasteiger partial charge in [0.15, 0.2) is 5.75 Å². The Labute approximate surface area is 181 Å². The summed E-state index contributed by atoms with van der Waals surface area (Å²) in [5.41, 5.74) is -0.484. The number of amides is 1. The van der Waals surface area contributed by atoms with Crippen molar-refractivity contribution in [3.05, 3.63) is 65.0 Å². The van der Waals surface area contributed by atoms with Gasteiger partial charge in [-0.1, -0.05) is 0 Å². The van der Waals surface area contributed by atoms with E-state index in [0.717, 1.165) is 12.3 Å². The fourth-order valence-electron chi connectivity index (χ4n) is 2.78. The summed E-state index contributed by atoms with van der Waals surface area (Å²) in [5.74, 6) is -1.76. The summed E-state index contributed by atoms with van der Waals surface area (Å²) >= 11 is 0. The predicted molar refractivity (Wildman–Crippen MR) is 110 cm³/mol. The van der Waals surface area contributed by atoms with Crippen molar-refractivity contribution < 1.29 is 26.9 Å². The predicted octanol–water partition coefficient (Wildman–Crippen LogP) is 4.65. The first-order valence-electron chi connectivity index (χ1n) is 9.07. The van der Waals surface area contributed by atoms with Gasteiger partial charge in [0.25, 0.3) is 12.3 Å². The molecule has 3 heterocycles. The van der Waals surface area contributed by atoms with Crippen LogP contribution >= 0.6 is 0 Å². The zero-order valence-electron chi connectivity index (χ0n) is 17.1. The van der Waals surface area contributed by atoms with Crippen molar-refractivity contribution in [2.75, 3.05) is 11.6 Å². The van der Waals surface area contributed by atoms with Crippen LogP contribution in [0.3, 0.4) is 0 Å². The number of carbonyl (C=O) groups excluding carboxylic acids is 1. The van der Waals surface area contributed by atoms with Crippen LogP contribution < -0.4 is 10.1 Å².